The van der Waals surface area contributed by atoms with Crippen LogP contribution in [0.3, 0.4) is 0 Å². The summed E-state index contributed by atoms with van der Waals surface area (Å²) in [5.41, 5.74) is 3.52. The Bertz CT molecular complexity index is 839. The van der Waals surface area contributed by atoms with Gasteiger partial charge < -0.3 is 10.0 Å². The van der Waals surface area contributed by atoms with E-state index in [0.717, 1.165) is 5.70 Å². The Kier molecular flexibility index (Phi) is 2.72. The zero-order chi connectivity index (χ0) is 14.4. The van der Waals surface area contributed by atoms with Gasteiger partial charge in [-0.1, -0.05) is 43.3 Å². The lowest BCUT2D eigenvalue weighted by Crippen LogP contribution is -2.30. The Morgan fingerprint density at radius 3 is 2.81 bits per heavy atom. The number of nitrogens with zero attached hydrogens (tertiary/aromatic N) is 1. The van der Waals surface area contributed by atoms with Crippen LogP contribution in [-0.4, -0.2) is 16.1 Å². The van der Waals surface area contributed by atoms with E-state index in [1.165, 1.54) is 21.7 Å². The van der Waals surface area contributed by atoms with E-state index < -0.39 is 6.10 Å². The van der Waals surface area contributed by atoms with Gasteiger partial charge >= 0.3 is 0 Å². The third-order valence-electron chi connectivity index (χ3n) is 4.42. The van der Waals surface area contributed by atoms with Crippen molar-refractivity contribution in [1.29, 1.82) is 0 Å². The lowest BCUT2D eigenvalue weighted by Gasteiger charge is -2.31. The summed E-state index contributed by atoms with van der Waals surface area (Å²) in [7, 11) is 0. The molecule has 1 aromatic rings. The number of hydrogen-bond donors (Lipinski definition) is 1. The van der Waals surface area contributed by atoms with Gasteiger partial charge in [0, 0.05) is 23.0 Å². The average Bonchev–Trinajstić information content (AvgIpc) is 2.66. The fraction of sp³-hybridized carbons (Fsp3) is 0.158. The molecule has 0 spiro atoms. The first-order valence-electron chi connectivity index (χ1n) is 7.31. The molecule has 0 bridgehead atoms. The van der Waals surface area contributed by atoms with Crippen LogP contribution in [0.4, 0.5) is 0 Å². The maximum Gasteiger partial charge on any atom is 0.0791 e. The van der Waals surface area contributed by atoms with Crippen LogP contribution in [0.15, 0.2) is 72.1 Å². The SMILES string of the molecule is CC1C2=C(C=CC1O)N1C=CC=CC1=c1ccccc1=C2. The molecule has 0 aromatic heterocycles. The van der Waals surface area contributed by atoms with Crippen molar-refractivity contribution in [2.75, 3.05) is 0 Å². The third kappa shape index (κ3) is 1.83. The van der Waals surface area contributed by atoms with Crippen molar-refractivity contribution < 1.29 is 5.11 Å². The van der Waals surface area contributed by atoms with Gasteiger partial charge in [0.15, 0.2) is 0 Å². The first-order valence-corrected chi connectivity index (χ1v) is 7.31. The first-order chi connectivity index (χ1) is 10.3. The zero-order valence-corrected chi connectivity index (χ0v) is 11.9. The van der Waals surface area contributed by atoms with Crippen molar-refractivity contribution in [3.8, 4) is 0 Å². The largest absolute Gasteiger partial charge is 0.388 e. The smallest absolute Gasteiger partial charge is 0.0791 e. The van der Waals surface area contributed by atoms with Crippen molar-refractivity contribution in [2.24, 2.45) is 5.92 Å². The number of fused-ring (bicyclic) bond motifs is 3. The van der Waals surface area contributed by atoms with Crippen molar-refractivity contribution in [2.45, 2.75) is 13.0 Å². The monoisotopic (exact) mass is 275 g/mol. The second-order valence-electron chi connectivity index (χ2n) is 5.67. The van der Waals surface area contributed by atoms with E-state index in [2.05, 4.69) is 60.5 Å². The van der Waals surface area contributed by atoms with Gasteiger partial charge in [-0.25, -0.2) is 0 Å². The van der Waals surface area contributed by atoms with Crippen molar-refractivity contribution in [1.82, 2.24) is 4.90 Å². The van der Waals surface area contributed by atoms with Gasteiger partial charge in [-0.05, 0) is 35.1 Å². The quantitative estimate of drug-likeness (QED) is 0.780. The maximum atomic E-state index is 10.2. The van der Waals surface area contributed by atoms with Gasteiger partial charge in [0.2, 0.25) is 0 Å². The van der Waals surface area contributed by atoms with Gasteiger partial charge in [0.1, 0.15) is 0 Å². The highest BCUT2D eigenvalue weighted by Gasteiger charge is 2.26. The number of benzene rings is 1. The number of aliphatic hydroxyl groups is 1. The molecule has 1 N–H and O–H groups in total. The van der Waals surface area contributed by atoms with Gasteiger partial charge in [-0.15, -0.1) is 0 Å². The lowest BCUT2D eigenvalue weighted by molar-refractivity contribution is 0.178. The van der Waals surface area contributed by atoms with E-state index in [1.807, 2.05) is 18.2 Å². The molecule has 104 valence electrons. The molecule has 1 aliphatic carbocycles. The Labute approximate surface area is 124 Å². The summed E-state index contributed by atoms with van der Waals surface area (Å²) in [6.07, 6.45) is 14.1. The summed E-state index contributed by atoms with van der Waals surface area (Å²) in [4.78, 5) is 2.22. The van der Waals surface area contributed by atoms with E-state index in [1.54, 1.807) is 0 Å². The summed E-state index contributed by atoms with van der Waals surface area (Å²) < 4.78 is 0. The number of hydrogen-bond acceptors (Lipinski definition) is 2. The molecule has 2 heterocycles. The molecular weight excluding hydrogens is 258 g/mol. The van der Waals surface area contributed by atoms with Crippen LogP contribution in [0.2, 0.25) is 0 Å². The molecule has 0 saturated carbocycles. The Balaban J connectivity index is 2.09. The minimum absolute atomic E-state index is 0.0942. The average molecular weight is 275 g/mol. The van der Waals surface area contributed by atoms with Gasteiger partial charge in [0.25, 0.3) is 0 Å². The Morgan fingerprint density at radius 1 is 1.05 bits per heavy atom. The van der Waals surface area contributed by atoms with E-state index >= 15 is 0 Å². The fourth-order valence-electron chi connectivity index (χ4n) is 3.19. The summed E-state index contributed by atoms with van der Waals surface area (Å²) in [6, 6.07) is 8.43. The minimum atomic E-state index is -0.418. The first kappa shape index (κ1) is 12.4. The van der Waals surface area contributed by atoms with Crippen LogP contribution >= 0.6 is 0 Å². The highest BCUT2D eigenvalue weighted by atomic mass is 16.3. The Hall–Kier alpha value is -2.32. The molecule has 0 saturated heterocycles. The summed E-state index contributed by atoms with van der Waals surface area (Å²) in [5, 5.41) is 12.6. The van der Waals surface area contributed by atoms with E-state index in [-0.39, 0.29) is 5.92 Å². The van der Waals surface area contributed by atoms with Gasteiger partial charge in [0.05, 0.1) is 11.8 Å². The lowest BCUT2D eigenvalue weighted by atomic mass is 9.88. The normalized spacial score (nSPS) is 26.0. The summed E-state index contributed by atoms with van der Waals surface area (Å²) >= 11 is 0. The van der Waals surface area contributed by atoms with Crippen LogP contribution in [-0.2, 0) is 0 Å². The predicted molar refractivity (Wildman–Crippen MR) is 85.0 cm³/mol. The van der Waals surface area contributed by atoms with Gasteiger partial charge in [-0.3, -0.25) is 0 Å². The van der Waals surface area contributed by atoms with E-state index in [0.29, 0.717) is 0 Å². The molecule has 3 aliphatic rings. The van der Waals surface area contributed by atoms with Crippen LogP contribution in [0.25, 0.3) is 11.8 Å². The molecule has 4 rings (SSSR count). The molecular formula is C19H17NO. The van der Waals surface area contributed by atoms with Crippen LogP contribution < -0.4 is 10.4 Å². The topological polar surface area (TPSA) is 23.5 Å². The molecule has 2 atom stereocenters. The second-order valence-corrected chi connectivity index (χ2v) is 5.67. The maximum absolute atomic E-state index is 10.2. The van der Waals surface area contributed by atoms with Crippen molar-refractivity contribution in [3.05, 3.63) is 82.6 Å². The summed E-state index contributed by atoms with van der Waals surface area (Å²) in [5.74, 6) is 0.0942. The second kappa shape index (κ2) is 4.61. The summed E-state index contributed by atoms with van der Waals surface area (Å²) in [6.45, 7) is 2.08. The molecule has 2 nitrogen and oxygen atoms in total. The number of aliphatic hydroxyl groups excluding tert-OH is 1. The molecule has 0 radical (unpaired) electrons. The van der Waals surface area contributed by atoms with Crippen LogP contribution in [0, 0.1) is 5.92 Å². The molecule has 0 fully saturated rings. The highest BCUT2D eigenvalue weighted by molar-refractivity contribution is 5.69. The van der Waals surface area contributed by atoms with Gasteiger partial charge in [-0.2, -0.15) is 0 Å². The minimum Gasteiger partial charge on any atom is -0.388 e. The fourth-order valence-corrected chi connectivity index (χ4v) is 3.19. The molecule has 0 amide bonds. The van der Waals surface area contributed by atoms with Crippen LogP contribution in [0.1, 0.15) is 6.92 Å². The molecule has 1 aromatic carbocycles. The van der Waals surface area contributed by atoms with E-state index in [9.17, 15) is 5.11 Å². The van der Waals surface area contributed by atoms with E-state index in [4.69, 9.17) is 0 Å². The zero-order valence-electron chi connectivity index (χ0n) is 11.9. The highest BCUT2D eigenvalue weighted by Crippen LogP contribution is 2.32. The standard InChI is InChI=1S/C19H17NO/c1-13-16-12-14-6-2-3-7-15(14)17-8-4-5-11-20(17)18(16)9-10-19(13)21/h2-13,19,21H,1H3. The molecule has 2 heteroatoms. The molecule has 2 unspecified atom stereocenters. The Morgan fingerprint density at radius 2 is 1.90 bits per heavy atom. The van der Waals surface area contributed by atoms with Crippen LogP contribution in [0.5, 0.6) is 0 Å². The molecule has 2 aliphatic heterocycles. The number of allylic oxidation sites excluding steroid dienone is 3. The third-order valence-corrected chi connectivity index (χ3v) is 4.42. The predicted octanol–water partition coefficient (Wildman–Crippen LogP) is 1.80. The van der Waals surface area contributed by atoms with Crippen molar-refractivity contribution >= 4 is 11.8 Å². The molecule has 21 heavy (non-hydrogen) atoms. The van der Waals surface area contributed by atoms with Crippen molar-refractivity contribution in [3.63, 3.8) is 0 Å². The number of rotatable bonds is 0.